The van der Waals surface area contributed by atoms with Crippen molar-refractivity contribution >= 4 is 18.1 Å². The maximum atomic E-state index is 11.5. The van der Waals surface area contributed by atoms with Gasteiger partial charge in [0.25, 0.3) is 0 Å². The van der Waals surface area contributed by atoms with E-state index in [1.807, 2.05) is 0 Å². The van der Waals surface area contributed by atoms with Crippen molar-refractivity contribution in [2.75, 3.05) is 12.4 Å². The maximum absolute atomic E-state index is 11.5. The first-order valence-corrected chi connectivity index (χ1v) is 5.90. The highest BCUT2D eigenvalue weighted by Gasteiger charge is 2.08. The zero-order valence-electron chi connectivity index (χ0n) is 10.8. The predicted octanol–water partition coefficient (Wildman–Crippen LogP) is 2.83. The van der Waals surface area contributed by atoms with Crippen LogP contribution in [0, 0.1) is 0 Å². The molecule has 5 heteroatoms. The van der Waals surface area contributed by atoms with Crippen molar-refractivity contribution in [3.8, 4) is 11.5 Å². The fourth-order valence-corrected chi connectivity index (χ4v) is 1.67. The zero-order valence-corrected chi connectivity index (χ0v) is 10.8. The smallest absolute Gasteiger partial charge is 0.337 e. The van der Waals surface area contributed by atoms with Crippen LogP contribution in [0.4, 0.5) is 5.69 Å². The SMILES string of the molecule is COC(=O)c1cccc(Oc2ccccc2NC=O)c1. The first kappa shape index (κ1) is 13.6. The summed E-state index contributed by atoms with van der Waals surface area (Å²) in [7, 11) is 1.32. The van der Waals surface area contributed by atoms with Gasteiger partial charge in [0.15, 0.2) is 5.75 Å². The molecule has 0 aliphatic carbocycles. The van der Waals surface area contributed by atoms with Gasteiger partial charge in [-0.25, -0.2) is 4.79 Å². The molecule has 20 heavy (non-hydrogen) atoms. The van der Waals surface area contributed by atoms with Gasteiger partial charge >= 0.3 is 5.97 Å². The molecule has 1 amide bonds. The molecule has 0 bridgehead atoms. The third-order valence-electron chi connectivity index (χ3n) is 2.58. The molecule has 0 radical (unpaired) electrons. The Labute approximate surface area is 116 Å². The fourth-order valence-electron chi connectivity index (χ4n) is 1.67. The topological polar surface area (TPSA) is 64.6 Å². The molecule has 0 spiro atoms. The molecule has 2 aromatic carbocycles. The Hall–Kier alpha value is -2.82. The van der Waals surface area contributed by atoms with E-state index in [4.69, 9.17) is 4.74 Å². The second-order valence-electron chi connectivity index (χ2n) is 3.88. The number of amides is 1. The Morgan fingerprint density at radius 2 is 1.95 bits per heavy atom. The summed E-state index contributed by atoms with van der Waals surface area (Å²) in [5, 5.41) is 2.55. The van der Waals surface area contributed by atoms with Crippen molar-refractivity contribution in [2.45, 2.75) is 0 Å². The van der Waals surface area contributed by atoms with Gasteiger partial charge in [-0.3, -0.25) is 4.79 Å². The monoisotopic (exact) mass is 271 g/mol. The Bertz CT molecular complexity index is 625. The molecular formula is C15H13NO4. The average Bonchev–Trinajstić information content (AvgIpc) is 2.49. The number of benzene rings is 2. The van der Waals surface area contributed by atoms with Gasteiger partial charge in [-0.05, 0) is 30.3 Å². The number of ether oxygens (including phenoxy) is 2. The highest BCUT2D eigenvalue weighted by Crippen LogP contribution is 2.29. The van der Waals surface area contributed by atoms with E-state index in [9.17, 15) is 9.59 Å². The number of carbonyl (C=O) groups excluding carboxylic acids is 2. The summed E-state index contributed by atoms with van der Waals surface area (Å²) in [5.41, 5.74) is 0.941. The average molecular weight is 271 g/mol. The second kappa shape index (κ2) is 6.38. The second-order valence-corrected chi connectivity index (χ2v) is 3.88. The lowest BCUT2D eigenvalue weighted by Gasteiger charge is -2.10. The Kier molecular flexibility index (Phi) is 4.34. The van der Waals surface area contributed by atoms with E-state index < -0.39 is 5.97 Å². The highest BCUT2D eigenvalue weighted by molar-refractivity contribution is 5.89. The Morgan fingerprint density at radius 1 is 1.15 bits per heavy atom. The normalized spacial score (nSPS) is 9.65. The van der Waals surface area contributed by atoms with Crippen LogP contribution in [0.2, 0.25) is 0 Å². The number of anilines is 1. The molecule has 0 atom stereocenters. The third kappa shape index (κ3) is 3.14. The molecule has 0 aliphatic rings. The van der Waals surface area contributed by atoms with Gasteiger partial charge in [0.05, 0.1) is 18.4 Å². The van der Waals surface area contributed by atoms with Crippen LogP contribution >= 0.6 is 0 Å². The van der Waals surface area contributed by atoms with Crippen molar-refractivity contribution in [1.82, 2.24) is 0 Å². The minimum absolute atomic E-state index is 0.394. The molecular weight excluding hydrogens is 258 g/mol. The van der Waals surface area contributed by atoms with E-state index in [0.717, 1.165) is 0 Å². The van der Waals surface area contributed by atoms with Crippen molar-refractivity contribution in [1.29, 1.82) is 0 Å². The van der Waals surface area contributed by atoms with Crippen molar-refractivity contribution in [3.05, 3.63) is 54.1 Å². The van der Waals surface area contributed by atoms with Gasteiger partial charge in [0.1, 0.15) is 5.75 Å². The minimum atomic E-state index is -0.435. The number of rotatable bonds is 5. The highest BCUT2D eigenvalue weighted by atomic mass is 16.5. The van der Waals surface area contributed by atoms with Crippen LogP contribution in [0.5, 0.6) is 11.5 Å². The lowest BCUT2D eigenvalue weighted by molar-refractivity contribution is -0.105. The molecule has 0 aromatic heterocycles. The quantitative estimate of drug-likeness (QED) is 0.671. The summed E-state index contributed by atoms with van der Waals surface area (Å²) in [5.74, 6) is 0.532. The van der Waals surface area contributed by atoms with Crippen LogP contribution in [0.25, 0.3) is 0 Å². The molecule has 2 aromatic rings. The molecule has 1 N–H and O–H groups in total. The summed E-state index contributed by atoms with van der Waals surface area (Å²) < 4.78 is 10.3. The molecule has 0 unspecified atom stereocenters. The van der Waals surface area contributed by atoms with Crippen LogP contribution in [-0.2, 0) is 9.53 Å². The predicted molar refractivity (Wildman–Crippen MR) is 74.0 cm³/mol. The van der Waals surface area contributed by atoms with Crippen molar-refractivity contribution in [2.24, 2.45) is 0 Å². The molecule has 0 fully saturated rings. The van der Waals surface area contributed by atoms with Gasteiger partial charge in [-0.2, -0.15) is 0 Å². The van der Waals surface area contributed by atoms with E-state index in [1.54, 1.807) is 48.5 Å². The molecule has 2 rings (SSSR count). The van der Waals surface area contributed by atoms with E-state index >= 15 is 0 Å². The number of carbonyl (C=O) groups is 2. The maximum Gasteiger partial charge on any atom is 0.337 e. The molecule has 102 valence electrons. The Morgan fingerprint density at radius 3 is 2.70 bits per heavy atom. The molecule has 0 aliphatic heterocycles. The molecule has 0 saturated heterocycles. The third-order valence-corrected chi connectivity index (χ3v) is 2.58. The van der Waals surface area contributed by atoms with Crippen molar-refractivity contribution in [3.63, 3.8) is 0 Å². The summed E-state index contributed by atoms with van der Waals surface area (Å²) in [6.45, 7) is 0. The number of hydrogen-bond donors (Lipinski definition) is 1. The lowest BCUT2D eigenvalue weighted by atomic mass is 10.2. The first-order valence-electron chi connectivity index (χ1n) is 5.90. The molecule has 5 nitrogen and oxygen atoms in total. The largest absolute Gasteiger partial charge is 0.465 e. The van der Waals surface area contributed by atoms with E-state index in [2.05, 4.69) is 10.1 Å². The fraction of sp³-hybridized carbons (Fsp3) is 0.0667. The van der Waals surface area contributed by atoms with Crippen LogP contribution in [0.1, 0.15) is 10.4 Å². The van der Waals surface area contributed by atoms with Crippen LogP contribution in [0.15, 0.2) is 48.5 Å². The van der Waals surface area contributed by atoms with Crippen LogP contribution in [0.3, 0.4) is 0 Å². The zero-order chi connectivity index (χ0) is 14.4. The standard InChI is InChI=1S/C15H13NO4/c1-19-15(18)11-5-4-6-12(9-11)20-14-8-3-2-7-13(14)16-10-17/h2-10H,1H3,(H,16,17). The summed E-state index contributed by atoms with van der Waals surface area (Å²) >= 11 is 0. The number of hydrogen-bond acceptors (Lipinski definition) is 4. The van der Waals surface area contributed by atoms with Crippen LogP contribution in [-0.4, -0.2) is 19.5 Å². The Balaban J connectivity index is 2.26. The van der Waals surface area contributed by atoms with Crippen molar-refractivity contribution < 1.29 is 19.1 Å². The van der Waals surface area contributed by atoms with Gasteiger partial charge in [-0.1, -0.05) is 18.2 Å². The van der Waals surface area contributed by atoms with Crippen LogP contribution < -0.4 is 10.1 Å². The van der Waals surface area contributed by atoms with Gasteiger partial charge in [0.2, 0.25) is 6.41 Å². The number of esters is 1. The van der Waals surface area contributed by atoms with Gasteiger partial charge in [0, 0.05) is 0 Å². The lowest BCUT2D eigenvalue weighted by Crippen LogP contribution is -2.01. The summed E-state index contributed by atoms with van der Waals surface area (Å²) in [6, 6.07) is 13.6. The van der Waals surface area contributed by atoms with E-state index in [-0.39, 0.29) is 0 Å². The first-order chi connectivity index (χ1) is 9.74. The summed E-state index contributed by atoms with van der Waals surface area (Å²) in [4.78, 5) is 22.0. The number of nitrogens with one attached hydrogen (secondary N) is 1. The number of para-hydroxylation sites is 2. The van der Waals surface area contributed by atoms with E-state index in [1.165, 1.54) is 7.11 Å². The summed E-state index contributed by atoms with van der Waals surface area (Å²) in [6.07, 6.45) is 0.576. The number of methoxy groups -OCH3 is 1. The molecule has 0 heterocycles. The molecule has 0 saturated carbocycles. The minimum Gasteiger partial charge on any atom is -0.465 e. The van der Waals surface area contributed by atoms with Gasteiger partial charge in [-0.15, -0.1) is 0 Å². The van der Waals surface area contributed by atoms with E-state index in [0.29, 0.717) is 29.2 Å². The van der Waals surface area contributed by atoms with Gasteiger partial charge < -0.3 is 14.8 Å².